The van der Waals surface area contributed by atoms with Crippen molar-refractivity contribution in [2.75, 3.05) is 33.4 Å². The summed E-state index contributed by atoms with van der Waals surface area (Å²) in [7, 11) is 1.64. The summed E-state index contributed by atoms with van der Waals surface area (Å²) in [6, 6.07) is 13.3. The van der Waals surface area contributed by atoms with Gasteiger partial charge in [0.1, 0.15) is 5.82 Å². The Bertz CT molecular complexity index is 935. The van der Waals surface area contributed by atoms with Gasteiger partial charge in [-0.1, -0.05) is 17.3 Å². The van der Waals surface area contributed by atoms with Gasteiger partial charge < -0.3 is 18.9 Å². The van der Waals surface area contributed by atoms with E-state index in [4.69, 9.17) is 14.0 Å². The first-order valence-electron chi connectivity index (χ1n) is 10.2. The van der Waals surface area contributed by atoms with Gasteiger partial charge >= 0.3 is 0 Å². The van der Waals surface area contributed by atoms with Crippen LogP contribution in [-0.4, -0.2) is 43.4 Å². The maximum atomic E-state index is 13.3. The Hall–Kier alpha value is -2.60. The number of fused-ring (bicyclic) bond motifs is 1. The number of aromatic nitrogens is 1. The van der Waals surface area contributed by atoms with Crippen molar-refractivity contribution in [2.24, 2.45) is 0 Å². The average molecular weight is 397 g/mol. The summed E-state index contributed by atoms with van der Waals surface area (Å²) in [5.74, 6) is 1.48. The number of rotatable bonds is 8. The second-order valence-corrected chi connectivity index (χ2v) is 7.45. The second kappa shape index (κ2) is 9.27. The highest BCUT2D eigenvalue weighted by molar-refractivity contribution is 5.79. The van der Waals surface area contributed by atoms with E-state index >= 15 is 0 Å². The standard InChI is InChI=1S/C23H26FN2O3/c1-27-20-6-2-3-7-21(20)28-15-5-4-12-26-13-10-17(11-14-26)23-19-9-8-18(24)16-22(19)29-25-23/h2-3,6,8-9,16-17H,4-5,10-15H2,1H3. The molecule has 2 heterocycles. The number of unbranched alkanes of at least 4 members (excludes halogenated alkanes) is 1. The van der Waals surface area contributed by atoms with Gasteiger partial charge in [0.15, 0.2) is 17.1 Å². The molecule has 0 bridgehead atoms. The van der Waals surface area contributed by atoms with Crippen molar-refractivity contribution in [3.63, 3.8) is 0 Å². The van der Waals surface area contributed by atoms with Gasteiger partial charge in [-0.05, 0) is 63.5 Å². The zero-order valence-electron chi connectivity index (χ0n) is 16.7. The molecule has 4 rings (SSSR count). The highest BCUT2D eigenvalue weighted by atomic mass is 19.1. The maximum Gasteiger partial charge on any atom is 0.170 e. The molecule has 0 saturated carbocycles. The molecule has 1 fully saturated rings. The molecule has 5 nitrogen and oxygen atoms in total. The molecule has 0 aliphatic carbocycles. The Morgan fingerprint density at radius 3 is 2.93 bits per heavy atom. The molecule has 29 heavy (non-hydrogen) atoms. The molecule has 2 aromatic carbocycles. The lowest BCUT2D eigenvalue weighted by atomic mass is 9.91. The first kappa shape index (κ1) is 19.7. The Kier molecular flexibility index (Phi) is 6.30. The lowest BCUT2D eigenvalue weighted by molar-refractivity contribution is 0.199. The normalized spacial score (nSPS) is 15.7. The minimum atomic E-state index is -0.289. The molecule has 0 spiro atoms. The fourth-order valence-corrected chi connectivity index (χ4v) is 3.95. The molecule has 1 radical (unpaired) electrons. The summed E-state index contributed by atoms with van der Waals surface area (Å²) >= 11 is 0. The Morgan fingerprint density at radius 1 is 1.24 bits per heavy atom. The molecule has 3 aromatic rings. The van der Waals surface area contributed by atoms with E-state index in [1.54, 1.807) is 13.2 Å². The first-order chi connectivity index (χ1) is 14.2. The van der Waals surface area contributed by atoms with Crippen molar-refractivity contribution < 1.29 is 18.4 Å². The zero-order chi connectivity index (χ0) is 20.1. The topological polar surface area (TPSA) is 47.7 Å². The molecule has 0 N–H and O–H groups in total. The summed E-state index contributed by atoms with van der Waals surface area (Å²) in [4.78, 5) is 2.49. The highest BCUT2D eigenvalue weighted by Gasteiger charge is 2.24. The molecule has 0 amide bonds. The quantitative estimate of drug-likeness (QED) is 0.510. The van der Waals surface area contributed by atoms with Crippen LogP contribution in [-0.2, 0) is 0 Å². The van der Waals surface area contributed by atoms with E-state index < -0.39 is 0 Å². The van der Waals surface area contributed by atoms with Crippen LogP contribution in [0.4, 0.5) is 4.39 Å². The van der Waals surface area contributed by atoms with E-state index in [0.29, 0.717) is 23.9 Å². The predicted molar refractivity (Wildman–Crippen MR) is 109 cm³/mol. The number of para-hydroxylation sites is 1. The highest BCUT2D eigenvalue weighted by Crippen LogP contribution is 2.32. The van der Waals surface area contributed by atoms with Crippen LogP contribution in [0.15, 0.2) is 40.9 Å². The minimum absolute atomic E-state index is 0.289. The van der Waals surface area contributed by atoms with Gasteiger partial charge in [0.05, 0.1) is 19.4 Å². The predicted octanol–water partition coefficient (Wildman–Crippen LogP) is 4.81. The summed E-state index contributed by atoms with van der Waals surface area (Å²) in [6.45, 7) is 3.81. The zero-order valence-corrected chi connectivity index (χ0v) is 16.7. The Balaban J connectivity index is 1.19. The van der Waals surface area contributed by atoms with Crippen molar-refractivity contribution in [3.8, 4) is 11.5 Å². The van der Waals surface area contributed by atoms with Crippen LogP contribution in [0, 0.1) is 11.9 Å². The largest absolute Gasteiger partial charge is 0.493 e. The minimum Gasteiger partial charge on any atom is -0.493 e. The number of nitrogens with zero attached hydrogens (tertiary/aromatic N) is 2. The fourth-order valence-electron chi connectivity index (χ4n) is 3.95. The Morgan fingerprint density at radius 2 is 2.10 bits per heavy atom. The van der Waals surface area contributed by atoms with Crippen LogP contribution in [0.25, 0.3) is 11.0 Å². The SMILES string of the molecule is COc1ccc[c]c1OCCCCN1CCC(c2noc3cc(F)ccc23)CC1. The van der Waals surface area contributed by atoms with E-state index in [0.717, 1.165) is 62.1 Å². The van der Waals surface area contributed by atoms with Crippen LogP contribution >= 0.6 is 0 Å². The lowest BCUT2D eigenvalue weighted by Crippen LogP contribution is -2.34. The molecule has 1 aliphatic heterocycles. The van der Waals surface area contributed by atoms with Crippen molar-refractivity contribution >= 4 is 11.0 Å². The molecule has 1 aromatic heterocycles. The third kappa shape index (κ3) is 4.70. The van der Waals surface area contributed by atoms with Crippen LogP contribution in [0.2, 0.25) is 0 Å². The van der Waals surface area contributed by atoms with Gasteiger partial charge in [-0.2, -0.15) is 0 Å². The second-order valence-electron chi connectivity index (χ2n) is 7.45. The molecule has 1 saturated heterocycles. The number of likely N-dealkylation sites (tertiary alicyclic amines) is 1. The number of benzene rings is 2. The van der Waals surface area contributed by atoms with Crippen LogP contribution in [0.3, 0.4) is 0 Å². The third-order valence-electron chi connectivity index (χ3n) is 5.55. The van der Waals surface area contributed by atoms with Crippen LogP contribution in [0.5, 0.6) is 11.5 Å². The van der Waals surface area contributed by atoms with Gasteiger partial charge in [-0.25, -0.2) is 4.39 Å². The van der Waals surface area contributed by atoms with E-state index in [1.807, 2.05) is 18.2 Å². The van der Waals surface area contributed by atoms with Gasteiger partial charge in [-0.3, -0.25) is 0 Å². The molecular formula is C23H26FN2O3. The number of halogens is 1. The van der Waals surface area contributed by atoms with E-state index in [1.165, 1.54) is 12.1 Å². The van der Waals surface area contributed by atoms with Crippen molar-refractivity contribution in [1.82, 2.24) is 10.1 Å². The van der Waals surface area contributed by atoms with Gasteiger partial charge in [-0.15, -0.1) is 0 Å². The van der Waals surface area contributed by atoms with E-state index in [9.17, 15) is 4.39 Å². The monoisotopic (exact) mass is 397 g/mol. The number of hydrogen-bond acceptors (Lipinski definition) is 5. The van der Waals surface area contributed by atoms with Crippen LogP contribution < -0.4 is 9.47 Å². The molecule has 0 unspecified atom stereocenters. The summed E-state index contributed by atoms with van der Waals surface area (Å²) in [5, 5.41) is 5.16. The van der Waals surface area contributed by atoms with Crippen molar-refractivity contribution in [3.05, 3.63) is 54.0 Å². The number of hydrogen-bond donors (Lipinski definition) is 0. The molecule has 153 valence electrons. The van der Waals surface area contributed by atoms with E-state index in [-0.39, 0.29) is 5.82 Å². The summed E-state index contributed by atoms with van der Waals surface area (Å²) in [6.07, 6.45) is 4.18. The summed E-state index contributed by atoms with van der Waals surface area (Å²) in [5.41, 5.74) is 1.51. The molecule has 0 atom stereocenters. The van der Waals surface area contributed by atoms with Crippen LogP contribution in [0.1, 0.15) is 37.3 Å². The van der Waals surface area contributed by atoms with E-state index in [2.05, 4.69) is 16.1 Å². The number of methoxy groups -OCH3 is 1. The van der Waals surface area contributed by atoms with Gasteiger partial charge in [0.25, 0.3) is 0 Å². The average Bonchev–Trinajstić information content (AvgIpc) is 3.17. The smallest absolute Gasteiger partial charge is 0.170 e. The molecular weight excluding hydrogens is 371 g/mol. The lowest BCUT2D eigenvalue weighted by Gasteiger charge is -2.31. The van der Waals surface area contributed by atoms with Gasteiger partial charge in [0.2, 0.25) is 0 Å². The third-order valence-corrected chi connectivity index (χ3v) is 5.55. The number of piperidine rings is 1. The van der Waals surface area contributed by atoms with Crippen molar-refractivity contribution in [2.45, 2.75) is 31.6 Å². The fraction of sp³-hybridized carbons (Fsp3) is 0.435. The first-order valence-corrected chi connectivity index (χ1v) is 10.2. The number of ether oxygens (including phenoxy) is 2. The summed E-state index contributed by atoms with van der Waals surface area (Å²) < 4.78 is 29.7. The maximum absolute atomic E-state index is 13.3. The Labute approximate surface area is 170 Å². The van der Waals surface area contributed by atoms with Crippen molar-refractivity contribution in [1.29, 1.82) is 0 Å². The van der Waals surface area contributed by atoms with Gasteiger partial charge in [0, 0.05) is 23.4 Å². The molecule has 1 aliphatic rings. The molecule has 6 heteroatoms.